The minimum atomic E-state index is 0.291. The SMILES string of the molecule is CCc1ccc(C(C)Nc2ccc(OC)cc2)cc1. The van der Waals surface area contributed by atoms with Crippen LogP contribution in [0, 0.1) is 0 Å². The van der Waals surface area contributed by atoms with E-state index >= 15 is 0 Å². The monoisotopic (exact) mass is 255 g/mol. The fraction of sp³-hybridized carbons (Fsp3) is 0.294. The maximum atomic E-state index is 5.16. The van der Waals surface area contributed by atoms with Gasteiger partial charge in [0.25, 0.3) is 0 Å². The number of hydrogen-bond donors (Lipinski definition) is 1. The van der Waals surface area contributed by atoms with Gasteiger partial charge in [-0.2, -0.15) is 0 Å². The quantitative estimate of drug-likeness (QED) is 0.853. The number of benzene rings is 2. The molecule has 1 atom stereocenters. The molecule has 0 spiro atoms. The molecule has 1 N–H and O–H groups in total. The van der Waals surface area contributed by atoms with Gasteiger partial charge in [-0.25, -0.2) is 0 Å². The molecule has 2 nitrogen and oxygen atoms in total. The Morgan fingerprint density at radius 1 is 1.00 bits per heavy atom. The van der Waals surface area contributed by atoms with Crippen molar-refractivity contribution >= 4 is 5.69 Å². The summed E-state index contributed by atoms with van der Waals surface area (Å²) in [7, 11) is 1.68. The third kappa shape index (κ3) is 3.50. The number of methoxy groups -OCH3 is 1. The molecule has 2 aromatic carbocycles. The van der Waals surface area contributed by atoms with E-state index in [0.29, 0.717) is 6.04 Å². The average molecular weight is 255 g/mol. The molecule has 1 unspecified atom stereocenters. The van der Waals surface area contributed by atoms with E-state index in [-0.39, 0.29) is 0 Å². The molecule has 0 bridgehead atoms. The Balaban J connectivity index is 2.04. The summed E-state index contributed by atoms with van der Waals surface area (Å²) in [5, 5.41) is 3.49. The van der Waals surface area contributed by atoms with Gasteiger partial charge in [0.15, 0.2) is 0 Å². The zero-order valence-electron chi connectivity index (χ0n) is 11.8. The molecule has 0 heterocycles. The number of rotatable bonds is 5. The smallest absolute Gasteiger partial charge is 0.119 e. The van der Waals surface area contributed by atoms with Crippen LogP contribution < -0.4 is 10.1 Å². The summed E-state index contributed by atoms with van der Waals surface area (Å²) in [6, 6.07) is 17.1. The van der Waals surface area contributed by atoms with Crippen LogP contribution in [0.1, 0.15) is 31.0 Å². The number of aryl methyl sites for hydroxylation is 1. The van der Waals surface area contributed by atoms with Gasteiger partial charge < -0.3 is 10.1 Å². The van der Waals surface area contributed by atoms with Crippen LogP contribution in [-0.2, 0) is 6.42 Å². The predicted molar refractivity (Wildman–Crippen MR) is 80.9 cm³/mol. The van der Waals surface area contributed by atoms with Crippen LogP contribution in [0.5, 0.6) is 5.75 Å². The van der Waals surface area contributed by atoms with E-state index in [4.69, 9.17) is 4.74 Å². The van der Waals surface area contributed by atoms with Gasteiger partial charge in [0.05, 0.1) is 7.11 Å². The molecule has 0 aliphatic heterocycles. The van der Waals surface area contributed by atoms with Gasteiger partial charge in [0.1, 0.15) is 5.75 Å². The molecule has 0 saturated heterocycles. The van der Waals surface area contributed by atoms with Gasteiger partial charge in [0, 0.05) is 11.7 Å². The Morgan fingerprint density at radius 3 is 2.16 bits per heavy atom. The standard InChI is InChI=1S/C17H21NO/c1-4-14-5-7-15(8-6-14)13(2)18-16-9-11-17(19-3)12-10-16/h5-13,18H,4H2,1-3H3. The van der Waals surface area contributed by atoms with Gasteiger partial charge in [0.2, 0.25) is 0 Å². The lowest BCUT2D eigenvalue weighted by molar-refractivity contribution is 0.415. The summed E-state index contributed by atoms with van der Waals surface area (Å²) < 4.78 is 5.16. The third-order valence-corrected chi connectivity index (χ3v) is 3.36. The molecular formula is C17H21NO. The molecule has 0 aromatic heterocycles. The molecule has 19 heavy (non-hydrogen) atoms. The summed E-state index contributed by atoms with van der Waals surface area (Å²) in [6.07, 6.45) is 1.08. The highest BCUT2D eigenvalue weighted by molar-refractivity contribution is 5.48. The zero-order valence-corrected chi connectivity index (χ0v) is 11.8. The Labute approximate surface area is 115 Å². The molecule has 2 heteroatoms. The Hall–Kier alpha value is -1.96. The zero-order chi connectivity index (χ0) is 13.7. The second-order valence-corrected chi connectivity index (χ2v) is 4.69. The Bertz CT molecular complexity index is 502. The topological polar surface area (TPSA) is 21.3 Å². The van der Waals surface area contributed by atoms with Crippen LogP contribution in [0.15, 0.2) is 48.5 Å². The number of hydrogen-bond acceptors (Lipinski definition) is 2. The minimum Gasteiger partial charge on any atom is -0.497 e. The first-order chi connectivity index (χ1) is 9.22. The molecular weight excluding hydrogens is 234 g/mol. The first kappa shape index (κ1) is 13.5. The second kappa shape index (κ2) is 6.28. The molecule has 0 fully saturated rings. The van der Waals surface area contributed by atoms with Crippen molar-refractivity contribution in [2.24, 2.45) is 0 Å². The summed E-state index contributed by atoms with van der Waals surface area (Å²) in [5.74, 6) is 0.880. The van der Waals surface area contributed by atoms with Crippen molar-refractivity contribution in [1.29, 1.82) is 0 Å². The van der Waals surface area contributed by atoms with Crippen molar-refractivity contribution in [3.05, 3.63) is 59.7 Å². The van der Waals surface area contributed by atoms with E-state index in [1.807, 2.05) is 24.3 Å². The van der Waals surface area contributed by atoms with E-state index in [2.05, 4.69) is 43.4 Å². The maximum absolute atomic E-state index is 5.16. The maximum Gasteiger partial charge on any atom is 0.119 e. The fourth-order valence-electron chi connectivity index (χ4n) is 2.06. The first-order valence-electron chi connectivity index (χ1n) is 6.72. The van der Waals surface area contributed by atoms with Gasteiger partial charge in [-0.1, -0.05) is 31.2 Å². The van der Waals surface area contributed by atoms with E-state index in [1.54, 1.807) is 7.11 Å². The van der Waals surface area contributed by atoms with Crippen LogP contribution in [0.25, 0.3) is 0 Å². The van der Waals surface area contributed by atoms with Crippen LogP contribution in [0.4, 0.5) is 5.69 Å². The van der Waals surface area contributed by atoms with Gasteiger partial charge in [-0.3, -0.25) is 0 Å². The molecule has 2 rings (SSSR count). The third-order valence-electron chi connectivity index (χ3n) is 3.36. The summed E-state index contributed by atoms with van der Waals surface area (Å²) in [6.45, 7) is 4.35. The van der Waals surface area contributed by atoms with Crippen molar-refractivity contribution in [1.82, 2.24) is 0 Å². The van der Waals surface area contributed by atoms with E-state index in [0.717, 1.165) is 17.9 Å². The van der Waals surface area contributed by atoms with E-state index in [1.165, 1.54) is 11.1 Å². The lowest BCUT2D eigenvalue weighted by atomic mass is 10.0. The summed E-state index contributed by atoms with van der Waals surface area (Å²) in [5.41, 5.74) is 3.78. The van der Waals surface area contributed by atoms with Crippen LogP contribution in [-0.4, -0.2) is 7.11 Å². The van der Waals surface area contributed by atoms with Crippen molar-refractivity contribution in [2.75, 3.05) is 12.4 Å². The molecule has 0 radical (unpaired) electrons. The van der Waals surface area contributed by atoms with Crippen molar-refractivity contribution in [3.8, 4) is 5.75 Å². The Kier molecular flexibility index (Phi) is 4.45. The minimum absolute atomic E-state index is 0.291. The van der Waals surface area contributed by atoms with Crippen molar-refractivity contribution in [3.63, 3.8) is 0 Å². The number of anilines is 1. The van der Waals surface area contributed by atoms with E-state index < -0.39 is 0 Å². The number of ether oxygens (including phenoxy) is 1. The van der Waals surface area contributed by atoms with Gasteiger partial charge in [-0.15, -0.1) is 0 Å². The summed E-state index contributed by atoms with van der Waals surface area (Å²) >= 11 is 0. The lowest BCUT2D eigenvalue weighted by Crippen LogP contribution is -2.06. The normalized spacial score (nSPS) is 11.9. The first-order valence-corrected chi connectivity index (χ1v) is 6.72. The average Bonchev–Trinajstić information content (AvgIpc) is 2.48. The molecule has 0 aliphatic rings. The lowest BCUT2D eigenvalue weighted by Gasteiger charge is -2.16. The second-order valence-electron chi connectivity index (χ2n) is 4.69. The van der Waals surface area contributed by atoms with Crippen molar-refractivity contribution < 1.29 is 4.74 Å². The fourth-order valence-corrected chi connectivity index (χ4v) is 2.06. The largest absolute Gasteiger partial charge is 0.497 e. The molecule has 0 aliphatic carbocycles. The van der Waals surface area contributed by atoms with Crippen LogP contribution in [0.3, 0.4) is 0 Å². The molecule has 2 aromatic rings. The van der Waals surface area contributed by atoms with Gasteiger partial charge >= 0.3 is 0 Å². The highest BCUT2D eigenvalue weighted by Crippen LogP contribution is 2.21. The molecule has 0 amide bonds. The predicted octanol–water partition coefficient (Wildman–Crippen LogP) is 4.43. The highest BCUT2D eigenvalue weighted by Gasteiger charge is 2.05. The van der Waals surface area contributed by atoms with Crippen LogP contribution >= 0.6 is 0 Å². The Morgan fingerprint density at radius 2 is 1.63 bits per heavy atom. The van der Waals surface area contributed by atoms with E-state index in [9.17, 15) is 0 Å². The summed E-state index contributed by atoms with van der Waals surface area (Å²) in [4.78, 5) is 0. The van der Waals surface area contributed by atoms with Crippen molar-refractivity contribution in [2.45, 2.75) is 26.3 Å². The van der Waals surface area contributed by atoms with Crippen LogP contribution in [0.2, 0.25) is 0 Å². The van der Waals surface area contributed by atoms with Gasteiger partial charge in [-0.05, 0) is 48.7 Å². The highest BCUT2D eigenvalue weighted by atomic mass is 16.5. The molecule has 100 valence electrons. The molecule has 0 saturated carbocycles. The number of nitrogens with one attached hydrogen (secondary N) is 1.